The fraction of sp³-hybridized carbons (Fsp3) is 0.0606. The van der Waals surface area contributed by atoms with E-state index in [1.807, 2.05) is 48.5 Å². The second-order valence-electron chi connectivity index (χ2n) is 8.66. The maximum atomic E-state index is 11.0. The summed E-state index contributed by atoms with van der Waals surface area (Å²) in [6, 6.07) is 43.1. The van der Waals surface area contributed by atoms with Crippen LogP contribution in [0.2, 0.25) is 0 Å². The highest BCUT2D eigenvalue weighted by Gasteiger charge is 2.10. The van der Waals surface area contributed by atoms with Crippen LogP contribution >= 0.6 is 0 Å². The van der Waals surface area contributed by atoms with Crippen LogP contribution in [0.25, 0.3) is 33.4 Å². The van der Waals surface area contributed by atoms with E-state index in [-0.39, 0.29) is 6.42 Å². The molecule has 0 heterocycles. The van der Waals surface area contributed by atoms with Crippen molar-refractivity contribution in [3.8, 4) is 44.9 Å². The average Bonchev–Trinajstić information content (AvgIpc) is 2.94. The molecular weight excluding hydrogens is 444 g/mol. The van der Waals surface area contributed by atoms with Crippen LogP contribution in [0.5, 0.6) is 11.5 Å². The molecule has 0 aliphatic rings. The summed E-state index contributed by atoms with van der Waals surface area (Å²) < 4.78 is 6.13. The highest BCUT2D eigenvalue weighted by molar-refractivity contribution is 5.81. The van der Waals surface area contributed by atoms with Crippen LogP contribution in [0.3, 0.4) is 0 Å². The number of carboxylic acids is 1. The van der Waals surface area contributed by atoms with Gasteiger partial charge in [-0.2, -0.15) is 0 Å². The van der Waals surface area contributed by atoms with Crippen LogP contribution in [0.15, 0.2) is 127 Å². The molecule has 0 saturated heterocycles. The Kier molecular flexibility index (Phi) is 6.90. The van der Waals surface area contributed by atoms with Gasteiger partial charge in [0, 0.05) is 6.42 Å². The van der Waals surface area contributed by atoms with Crippen LogP contribution in [0, 0.1) is 0 Å². The minimum absolute atomic E-state index is 0.0703. The quantitative estimate of drug-likeness (QED) is 0.247. The molecular formula is C33H26O3. The van der Waals surface area contributed by atoms with Crippen molar-refractivity contribution in [2.75, 3.05) is 0 Å². The number of hydrogen-bond acceptors (Lipinski definition) is 2. The van der Waals surface area contributed by atoms with E-state index in [9.17, 15) is 4.79 Å². The van der Waals surface area contributed by atoms with Crippen molar-refractivity contribution in [1.82, 2.24) is 0 Å². The van der Waals surface area contributed by atoms with Crippen molar-refractivity contribution < 1.29 is 14.6 Å². The van der Waals surface area contributed by atoms with Gasteiger partial charge in [-0.15, -0.1) is 0 Å². The van der Waals surface area contributed by atoms with Gasteiger partial charge in [0.05, 0.1) is 0 Å². The van der Waals surface area contributed by atoms with Gasteiger partial charge in [-0.1, -0.05) is 91.0 Å². The van der Waals surface area contributed by atoms with Crippen LogP contribution in [-0.4, -0.2) is 11.1 Å². The van der Waals surface area contributed by atoms with E-state index < -0.39 is 5.97 Å². The molecule has 0 bridgehead atoms. The van der Waals surface area contributed by atoms with Gasteiger partial charge >= 0.3 is 5.97 Å². The summed E-state index contributed by atoms with van der Waals surface area (Å²) in [4.78, 5) is 11.0. The number of rotatable bonds is 8. The molecule has 0 aliphatic carbocycles. The first-order valence-electron chi connectivity index (χ1n) is 12.0. The third-order valence-electron chi connectivity index (χ3n) is 6.14. The molecule has 5 aromatic rings. The molecule has 3 heteroatoms. The third kappa shape index (κ3) is 5.53. The van der Waals surface area contributed by atoms with E-state index in [2.05, 4.69) is 78.9 Å². The molecule has 0 aliphatic heterocycles. The largest absolute Gasteiger partial charge is 0.481 e. The maximum absolute atomic E-state index is 11.0. The molecule has 1 N–H and O–H groups in total. The first-order chi connectivity index (χ1) is 17.7. The smallest absolute Gasteiger partial charge is 0.303 e. The number of hydrogen-bond donors (Lipinski definition) is 1. The van der Waals surface area contributed by atoms with Crippen molar-refractivity contribution in [2.45, 2.75) is 12.8 Å². The molecule has 0 radical (unpaired) electrons. The summed E-state index contributed by atoms with van der Waals surface area (Å²) in [6.07, 6.45) is 0.499. The van der Waals surface area contributed by atoms with Crippen molar-refractivity contribution >= 4 is 5.97 Å². The zero-order valence-electron chi connectivity index (χ0n) is 19.8. The summed E-state index contributed by atoms with van der Waals surface area (Å²) in [5, 5.41) is 9.04. The van der Waals surface area contributed by atoms with Gasteiger partial charge in [0.2, 0.25) is 0 Å². The second kappa shape index (κ2) is 10.7. The van der Waals surface area contributed by atoms with Crippen LogP contribution in [-0.2, 0) is 11.2 Å². The van der Waals surface area contributed by atoms with E-state index >= 15 is 0 Å². The normalized spacial score (nSPS) is 10.7. The van der Waals surface area contributed by atoms with Crippen molar-refractivity contribution in [3.63, 3.8) is 0 Å². The standard InChI is InChI=1S/C33H26O3/c34-33(35)20-17-27-13-7-8-14-32(27)36-31-18-15-26(16-19-31)30-22-28(24-9-3-1-4-10-24)21-29(23-30)25-11-5-2-6-12-25/h1-16,18-19,21-23H,17,20H2,(H,34,35). The molecule has 5 aromatic carbocycles. The minimum Gasteiger partial charge on any atom is -0.481 e. The predicted octanol–water partition coefficient (Wildman–Crippen LogP) is 8.50. The predicted molar refractivity (Wildman–Crippen MR) is 145 cm³/mol. The number of carbonyl (C=O) groups is 1. The Morgan fingerprint density at radius 1 is 0.556 bits per heavy atom. The number of ether oxygens (including phenoxy) is 1. The molecule has 0 spiro atoms. The maximum Gasteiger partial charge on any atom is 0.303 e. The summed E-state index contributed by atoms with van der Waals surface area (Å²) in [7, 11) is 0. The number of aryl methyl sites for hydroxylation is 1. The first-order valence-corrected chi connectivity index (χ1v) is 12.0. The Hall–Kier alpha value is -4.63. The third-order valence-corrected chi connectivity index (χ3v) is 6.14. The van der Waals surface area contributed by atoms with Crippen molar-refractivity contribution in [2.24, 2.45) is 0 Å². The SMILES string of the molecule is O=C(O)CCc1ccccc1Oc1ccc(-c2cc(-c3ccccc3)cc(-c3ccccc3)c2)cc1. The van der Waals surface area contributed by atoms with Gasteiger partial charge < -0.3 is 9.84 Å². The van der Waals surface area contributed by atoms with Crippen LogP contribution in [0.1, 0.15) is 12.0 Å². The lowest BCUT2D eigenvalue weighted by molar-refractivity contribution is -0.136. The Morgan fingerprint density at radius 3 is 1.56 bits per heavy atom. The molecule has 176 valence electrons. The zero-order chi connectivity index (χ0) is 24.7. The Morgan fingerprint density at radius 2 is 1.03 bits per heavy atom. The second-order valence-corrected chi connectivity index (χ2v) is 8.66. The van der Waals surface area contributed by atoms with Gasteiger partial charge in [-0.25, -0.2) is 0 Å². The van der Waals surface area contributed by atoms with Gasteiger partial charge in [0.1, 0.15) is 11.5 Å². The summed E-state index contributed by atoms with van der Waals surface area (Å²) in [6.45, 7) is 0. The summed E-state index contributed by atoms with van der Waals surface area (Å²) >= 11 is 0. The van der Waals surface area contributed by atoms with E-state index in [4.69, 9.17) is 9.84 Å². The molecule has 5 rings (SSSR count). The molecule has 0 unspecified atom stereocenters. The molecule has 0 saturated carbocycles. The number of para-hydroxylation sites is 1. The van der Waals surface area contributed by atoms with Crippen LogP contribution < -0.4 is 4.74 Å². The molecule has 0 aromatic heterocycles. The fourth-order valence-electron chi connectivity index (χ4n) is 4.28. The fourth-order valence-corrected chi connectivity index (χ4v) is 4.28. The molecule has 3 nitrogen and oxygen atoms in total. The average molecular weight is 471 g/mol. The highest BCUT2D eigenvalue weighted by Crippen LogP contribution is 2.34. The van der Waals surface area contributed by atoms with Crippen LogP contribution in [0.4, 0.5) is 0 Å². The lowest BCUT2D eigenvalue weighted by Crippen LogP contribution is -1.99. The van der Waals surface area contributed by atoms with E-state index in [1.165, 1.54) is 22.3 Å². The number of carboxylic acid groups (broad SMARTS) is 1. The first kappa shape index (κ1) is 23.1. The van der Waals surface area contributed by atoms with E-state index in [0.717, 1.165) is 16.7 Å². The summed E-state index contributed by atoms with van der Waals surface area (Å²) in [5.74, 6) is 0.578. The molecule has 36 heavy (non-hydrogen) atoms. The topological polar surface area (TPSA) is 46.5 Å². The zero-order valence-corrected chi connectivity index (χ0v) is 19.8. The lowest BCUT2D eigenvalue weighted by atomic mass is 9.93. The number of aliphatic carboxylic acids is 1. The highest BCUT2D eigenvalue weighted by atomic mass is 16.5. The lowest BCUT2D eigenvalue weighted by Gasteiger charge is -2.13. The van der Waals surface area contributed by atoms with E-state index in [0.29, 0.717) is 17.9 Å². The minimum atomic E-state index is -0.818. The Bertz CT molecular complexity index is 1400. The monoisotopic (exact) mass is 470 g/mol. The molecule has 0 amide bonds. The summed E-state index contributed by atoms with van der Waals surface area (Å²) in [5.41, 5.74) is 7.79. The number of benzene rings is 5. The van der Waals surface area contributed by atoms with Gasteiger partial charge in [-0.3, -0.25) is 4.79 Å². The van der Waals surface area contributed by atoms with Gasteiger partial charge in [0.15, 0.2) is 0 Å². The van der Waals surface area contributed by atoms with Crippen molar-refractivity contribution in [1.29, 1.82) is 0 Å². The molecule has 0 atom stereocenters. The van der Waals surface area contributed by atoms with Crippen molar-refractivity contribution in [3.05, 3.63) is 133 Å². The Labute approximate surface area is 211 Å². The Balaban J connectivity index is 1.46. The van der Waals surface area contributed by atoms with E-state index in [1.54, 1.807) is 0 Å². The van der Waals surface area contributed by atoms with Gasteiger partial charge in [-0.05, 0) is 81.8 Å². The molecule has 0 fully saturated rings. The van der Waals surface area contributed by atoms with Gasteiger partial charge in [0.25, 0.3) is 0 Å².